The van der Waals surface area contributed by atoms with Crippen LogP contribution in [-0.4, -0.2) is 16.8 Å². The molecule has 1 saturated heterocycles. The summed E-state index contributed by atoms with van der Waals surface area (Å²) in [6, 6.07) is 0. The van der Waals surface area contributed by atoms with Gasteiger partial charge < -0.3 is 4.79 Å². The van der Waals surface area contributed by atoms with Gasteiger partial charge in [0.15, 0.2) is 0 Å². The lowest BCUT2D eigenvalue weighted by molar-refractivity contribution is -0.109. The van der Waals surface area contributed by atoms with Crippen LogP contribution in [0.2, 0.25) is 0 Å². The fourth-order valence-electron chi connectivity index (χ4n) is 2.16. The van der Waals surface area contributed by atoms with Gasteiger partial charge in [-0.1, -0.05) is 6.92 Å². The van der Waals surface area contributed by atoms with Crippen molar-refractivity contribution in [3.05, 3.63) is 0 Å². The molecule has 0 amide bonds. The zero-order valence-electron chi connectivity index (χ0n) is 6.88. The average Bonchev–Trinajstić information content (AvgIpc) is 2.70. The van der Waals surface area contributed by atoms with E-state index in [0.717, 1.165) is 12.7 Å². The summed E-state index contributed by atoms with van der Waals surface area (Å²) in [7, 11) is 0. The molecule has 0 N–H and O–H groups in total. The first-order chi connectivity index (χ1) is 5.26. The van der Waals surface area contributed by atoms with Crippen LogP contribution < -0.4 is 0 Å². The van der Waals surface area contributed by atoms with Gasteiger partial charge in [-0.25, -0.2) is 0 Å². The van der Waals surface area contributed by atoms with E-state index < -0.39 is 0 Å². The molecule has 2 fully saturated rings. The predicted molar refractivity (Wildman–Crippen MR) is 47.8 cm³/mol. The van der Waals surface area contributed by atoms with Crippen LogP contribution in [0.5, 0.6) is 0 Å². The first-order valence-electron chi connectivity index (χ1n) is 4.35. The lowest BCUT2D eigenvalue weighted by Crippen LogP contribution is -2.19. The van der Waals surface area contributed by atoms with E-state index in [0.29, 0.717) is 16.6 Å². The van der Waals surface area contributed by atoms with Gasteiger partial charge in [-0.3, -0.25) is 0 Å². The molecule has 2 heteroatoms. The topological polar surface area (TPSA) is 17.1 Å². The number of thioether (sulfide) groups is 1. The summed E-state index contributed by atoms with van der Waals surface area (Å²) in [5.74, 6) is 2.43. The highest BCUT2D eigenvalue weighted by Gasteiger charge is 2.51. The van der Waals surface area contributed by atoms with Gasteiger partial charge in [0.2, 0.25) is 0 Å². The Morgan fingerprint density at radius 1 is 1.64 bits per heavy atom. The summed E-state index contributed by atoms with van der Waals surface area (Å²) in [5.41, 5.74) is 0. The summed E-state index contributed by atoms with van der Waals surface area (Å²) >= 11 is 2.08. The number of carbonyl (C=O) groups is 1. The molecule has 2 rings (SSSR count). The van der Waals surface area contributed by atoms with Gasteiger partial charge in [-0.05, 0) is 30.9 Å². The Bertz CT molecular complexity index is 172. The highest BCUT2D eigenvalue weighted by atomic mass is 32.2. The summed E-state index contributed by atoms with van der Waals surface area (Å²) < 4.78 is 0.464. The van der Waals surface area contributed by atoms with E-state index in [-0.39, 0.29) is 0 Å². The first-order valence-corrected chi connectivity index (χ1v) is 5.34. The molecule has 1 heterocycles. The van der Waals surface area contributed by atoms with Gasteiger partial charge >= 0.3 is 0 Å². The van der Waals surface area contributed by atoms with Crippen LogP contribution in [-0.2, 0) is 4.79 Å². The van der Waals surface area contributed by atoms with Crippen LogP contribution in [0.1, 0.15) is 26.2 Å². The van der Waals surface area contributed by atoms with Crippen LogP contribution >= 0.6 is 11.8 Å². The normalized spacial score (nSPS) is 49.2. The third kappa shape index (κ3) is 1.22. The molecule has 0 unspecified atom stereocenters. The Kier molecular flexibility index (Phi) is 1.75. The maximum atomic E-state index is 10.5. The monoisotopic (exact) mass is 170 g/mol. The minimum absolute atomic E-state index is 0.408. The van der Waals surface area contributed by atoms with E-state index in [1.54, 1.807) is 0 Å². The fraction of sp³-hybridized carbons (Fsp3) is 0.889. The summed E-state index contributed by atoms with van der Waals surface area (Å²) in [6.07, 6.45) is 4.98. The Morgan fingerprint density at radius 2 is 2.45 bits per heavy atom. The molecule has 0 spiro atoms. The molecule has 0 aromatic rings. The molecule has 0 bridgehead atoms. The van der Waals surface area contributed by atoms with Crippen molar-refractivity contribution in [3.8, 4) is 0 Å². The lowest BCUT2D eigenvalue weighted by atomic mass is 9.98. The van der Waals surface area contributed by atoms with Crippen LogP contribution in [0.4, 0.5) is 0 Å². The zero-order valence-corrected chi connectivity index (χ0v) is 7.69. The third-order valence-corrected chi connectivity index (χ3v) is 4.71. The van der Waals surface area contributed by atoms with E-state index in [1.165, 1.54) is 18.6 Å². The quantitative estimate of drug-likeness (QED) is 0.590. The van der Waals surface area contributed by atoms with Crippen LogP contribution in [0.25, 0.3) is 0 Å². The molecule has 2 aliphatic rings. The summed E-state index contributed by atoms with van der Waals surface area (Å²) in [4.78, 5) is 10.5. The molecule has 0 aromatic carbocycles. The van der Waals surface area contributed by atoms with Gasteiger partial charge in [-0.15, -0.1) is 0 Å². The smallest absolute Gasteiger partial charge is 0.123 e. The number of aldehydes is 1. The maximum absolute atomic E-state index is 10.5. The van der Waals surface area contributed by atoms with Crippen molar-refractivity contribution in [2.45, 2.75) is 30.9 Å². The highest BCUT2D eigenvalue weighted by molar-refractivity contribution is 8.00. The average molecular weight is 170 g/mol. The van der Waals surface area contributed by atoms with Crippen molar-refractivity contribution in [1.82, 2.24) is 0 Å². The van der Waals surface area contributed by atoms with E-state index in [2.05, 4.69) is 18.7 Å². The molecule has 1 nitrogen and oxygen atoms in total. The van der Waals surface area contributed by atoms with Crippen molar-refractivity contribution >= 4 is 18.0 Å². The Morgan fingerprint density at radius 3 is 2.91 bits per heavy atom. The maximum Gasteiger partial charge on any atom is 0.123 e. The molecule has 0 aromatic heterocycles. The van der Waals surface area contributed by atoms with E-state index in [9.17, 15) is 4.79 Å². The molecular weight excluding hydrogens is 156 g/mol. The molecule has 1 aliphatic carbocycles. The summed E-state index contributed by atoms with van der Waals surface area (Å²) in [5, 5.41) is 0. The minimum Gasteiger partial charge on any atom is -0.303 e. The van der Waals surface area contributed by atoms with E-state index >= 15 is 0 Å². The largest absolute Gasteiger partial charge is 0.303 e. The molecule has 1 saturated carbocycles. The second kappa shape index (κ2) is 2.51. The third-order valence-electron chi connectivity index (χ3n) is 3.05. The lowest BCUT2D eigenvalue weighted by Gasteiger charge is -2.21. The van der Waals surface area contributed by atoms with Crippen LogP contribution in [0.15, 0.2) is 0 Å². The Balaban J connectivity index is 1.99. The second-order valence-corrected chi connectivity index (χ2v) is 5.54. The Labute approximate surface area is 71.9 Å². The second-order valence-electron chi connectivity index (χ2n) is 3.91. The SMILES string of the molecule is C[C@]1([C@@H]2C[C@@H]2C=O)CCCS1. The number of hydrogen-bond acceptors (Lipinski definition) is 2. The van der Waals surface area contributed by atoms with Crippen molar-refractivity contribution < 1.29 is 4.79 Å². The molecule has 11 heavy (non-hydrogen) atoms. The predicted octanol–water partition coefficient (Wildman–Crippen LogP) is 2.11. The molecular formula is C9H14OS. The number of rotatable bonds is 2. The van der Waals surface area contributed by atoms with Crippen molar-refractivity contribution in [2.75, 3.05) is 5.75 Å². The summed E-state index contributed by atoms with van der Waals surface area (Å²) in [6.45, 7) is 2.33. The minimum atomic E-state index is 0.408. The van der Waals surface area contributed by atoms with Gasteiger partial charge in [0, 0.05) is 10.7 Å². The fourth-order valence-corrected chi connectivity index (χ4v) is 3.69. The highest BCUT2D eigenvalue weighted by Crippen LogP contribution is 2.56. The molecule has 1 aliphatic heterocycles. The van der Waals surface area contributed by atoms with Gasteiger partial charge in [-0.2, -0.15) is 11.8 Å². The van der Waals surface area contributed by atoms with Crippen LogP contribution in [0.3, 0.4) is 0 Å². The van der Waals surface area contributed by atoms with Gasteiger partial charge in [0.25, 0.3) is 0 Å². The van der Waals surface area contributed by atoms with Crippen LogP contribution in [0, 0.1) is 11.8 Å². The van der Waals surface area contributed by atoms with E-state index in [4.69, 9.17) is 0 Å². The number of hydrogen-bond donors (Lipinski definition) is 0. The molecule has 62 valence electrons. The van der Waals surface area contributed by atoms with E-state index in [1.807, 2.05) is 0 Å². The Hall–Kier alpha value is 0.0200. The first kappa shape index (κ1) is 7.66. The zero-order chi connectivity index (χ0) is 7.90. The van der Waals surface area contributed by atoms with Gasteiger partial charge in [0.05, 0.1) is 0 Å². The number of carbonyl (C=O) groups excluding carboxylic acids is 1. The van der Waals surface area contributed by atoms with Crippen molar-refractivity contribution in [1.29, 1.82) is 0 Å². The van der Waals surface area contributed by atoms with Crippen molar-refractivity contribution in [3.63, 3.8) is 0 Å². The molecule has 0 radical (unpaired) electrons. The molecule has 3 atom stereocenters. The van der Waals surface area contributed by atoms with Crippen molar-refractivity contribution in [2.24, 2.45) is 11.8 Å². The standard InChI is InChI=1S/C9H14OS/c1-9(3-2-4-11-9)8-5-7(8)6-10/h6-8H,2-5H2,1H3/t7-,8-,9-/m1/s1. The van der Waals surface area contributed by atoms with Gasteiger partial charge in [0.1, 0.15) is 6.29 Å².